The monoisotopic (exact) mass is 1330 g/mol. The molecule has 0 radical (unpaired) electrons. The van der Waals surface area contributed by atoms with Crippen molar-refractivity contribution in [1.29, 1.82) is 0 Å². The van der Waals surface area contributed by atoms with Gasteiger partial charge in [0, 0.05) is 34.2 Å². The van der Waals surface area contributed by atoms with E-state index in [-0.39, 0.29) is 51.6 Å². The Morgan fingerprint density at radius 1 is 0.457 bits per heavy atom. The van der Waals surface area contributed by atoms with Gasteiger partial charge in [0.05, 0.1) is 33.6 Å². The molecule has 1 aromatic heterocycles. The number of hydrogen-bond donors (Lipinski definition) is 0. The molecule has 3 fully saturated rings. The van der Waals surface area contributed by atoms with Gasteiger partial charge in [-0.05, 0) is 211 Å². The van der Waals surface area contributed by atoms with Crippen LogP contribution < -0.4 is 0 Å². The van der Waals surface area contributed by atoms with Crippen molar-refractivity contribution in [2.24, 2.45) is 0 Å². The number of carbonyl (C=O) groups is 1. The first-order valence-electron chi connectivity index (χ1n) is 31.4. The van der Waals surface area contributed by atoms with Gasteiger partial charge in [-0.15, -0.1) is 3.63 Å². The number of pyridine rings is 1. The van der Waals surface area contributed by atoms with E-state index in [4.69, 9.17) is 32.9 Å². The molecule has 0 bridgehead atoms. The normalized spacial score (nSPS) is 20.4. The molecule has 0 spiro atoms. The fraction of sp³-hybridized carbons (Fsp3) is 0.588. The Hall–Kier alpha value is -4.65. The summed E-state index contributed by atoms with van der Waals surface area (Å²) in [5, 5.41) is 0. The average molecular weight is 1330 g/mol. The fourth-order valence-corrected chi connectivity index (χ4v) is 11.7. The molecule has 0 unspecified atom stereocenters. The van der Waals surface area contributed by atoms with Crippen LogP contribution in [0.15, 0.2) is 97.1 Å². The minimum Gasteiger partial charge on any atom is -0.405 e. The van der Waals surface area contributed by atoms with Crippen LogP contribution in [0.4, 0.5) is 26.3 Å². The maximum atomic E-state index is 11.5. The highest BCUT2D eigenvalue weighted by Gasteiger charge is 2.64. The Morgan fingerprint density at radius 3 is 1.18 bits per heavy atom. The van der Waals surface area contributed by atoms with E-state index < -0.39 is 45.3 Å². The molecule has 6 aliphatic rings. The number of nitrogens with zero attached hydrogens (tertiary/aromatic N) is 1. The molecule has 4 heterocycles. The lowest BCUT2D eigenvalue weighted by molar-refractivity contribution is -0.0586. The lowest BCUT2D eigenvalue weighted by Crippen LogP contribution is -2.41. The van der Waals surface area contributed by atoms with Gasteiger partial charge in [-0.3, -0.25) is 9.78 Å². The molecular formula is C68H96B3F6NO12S2. The Morgan fingerprint density at radius 2 is 0.783 bits per heavy atom. The van der Waals surface area contributed by atoms with Crippen LogP contribution in [-0.2, 0) is 81.9 Å². The Labute approximate surface area is 545 Å². The molecule has 3 aliphatic heterocycles. The lowest BCUT2D eigenvalue weighted by atomic mass is 9.49. The van der Waals surface area contributed by atoms with Crippen molar-refractivity contribution in [3.8, 4) is 0 Å². The number of rotatable bonds is 4. The van der Waals surface area contributed by atoms with Gasteiger partial charge in [-0.1, -0.05) is 126 Å². The van der Waals surface area contributed by atoms with Crippen LogP contribution in [0.1, 0.15) is 232 Å². The SMILES string of the molecule is CC1(C)OB(B2OC(C)(C)C(C)(C)O2)OC1(C)C.CC1(C)OB(C2=CCCCc3ccccc32)OC1(C)C.CC1=CCCCc2ccccc21.Cc1cc(C(C)(C)C)nc(C(C)(C)C)c1.O=C1CCCCc2ccccc21.O=S(=O)(OS(=O)(=O)C(F)(F)F)C(F)(F)F. The molecule has 0 amide bonds. The van der Waals surface area contributed by atoms with Gasteiger partial charge in [-0.2, -0.15) is 43.2 Å². The zero-order chi connectivity index (χ0) is 69.7. The van der Waals surface area contributed by atoms with Gasteiger partial charge in [0.1, 0.15) is 0 Å². The number of alkyl halides is 6. The summed E-state index contributed by atoms with van der Waals surface area (Å²) in [6.07, 6.45) is 15.9. The molecule has 13 nitrogen and oxygen atoms in total. The Balaban J connectivity index is 0.000000202. The predicted octanol–water partition coefficient (Wildman–Crippen LogP) is 17.0. The van der Waals surface area contributed by atoms with Crippen molar-refractivity contribution in [2.45, 2.75) is 258 Å². The van der Waals surface area contributed by atoms with Crippen LogP contribution in [0, 0.1) is 6.92 Å². The van der Waals surface area contributed by atoms with Gasteiger partial charge < -0.3 is 27.9 Å². The first-order valence-corrected chi connectivity index (χ1v) is 34.2. The van der Waals surface area contributed by atoms with Gasteiger partial charge in [0.25, 0.3) is 0 Å². The van der Waals surface area contributed by atoms with E-state index >= 15 is 0 Å². The summed E-state index contributed by atoms with van der Waals surface area (Å²) < 4.78 is 146. The van der Waals surface area contributed by atoms with E-state index in [1.54, 1.807) is 0 Å². The summed E-state index contributed by atoms with van der Waals surface area (Å²) in [4.78, 5) is 16.3. The summed E-state index contributed by atoms with van der Waals surface area (Å²) in [6, 6.07) is 29.7. The Bertz CT molecular complexity index is 3330. The van der Waals surface area contributed by atoms with Gasteiger partial charge >= 0.3 is 52.4 Å². The highest BCUT2D eigenvalue weighted by molar-refractivity contribution is 8.00. The van der Waals surface area contributed by atoms with Gasteiger partial charge in [0.2, 0.25) is 0 Å². The summed E-state index contributed by atoms with van der Waals surface area (Å²) >= 11 is 0. The molecule has 92 heavy (non-hydrogen) atoms. The van der Waals surface area contributed by atoms with Crippen LogP contribution >= 0.6 is 0 Å². The third kappa shape index (κ3) is 20.0. The number of fused-ring (bicyclic) bond motifs is 3. The number of aromatic nitrogens is 1. The summed E-state index contributed by atoms with van der Waals surface area (Å²) in [7, 11) is -14.9. The number of ketones is 1. The van der Waals surface area contributed by atoms with Crippen molar-refractivity contribution in [1.82, 2.24) is 4.98 Å². The van der Waals surface area contributed by atoms with Crippen molar-refractivity contribution >= 4 is 58.2 Å². The van der Waals surface area contributed by atoms with Crippen molar-refractivity contribution in [2.75, 3.05) is 0 Å². The molecule has 24 heteroatoms. The number of aryl methyl sites for hydroxylation is 4. The molecule has 3 aromatic carbocycles. The third-order valence-electron chi connectivity index (χ3n) is 17.8. The number of halogens is 6. The fourth-order valence-electron chi connectivity index (χ4n) is 10.1. The largest absolute Gasteiger partial charge is 0.524 e. The molecular weight excluding hydrogens is 1230 g/mol. The zero-order valence-electron chi connectivity index (χ0n) is 57.5. The van der Waals surface area contributed by atoms with Gasteiger partial charge in [-0.25, -0.2) is 0 Å². The number of hydrogen-bond acceptors (Lipinski definition) is 13. The molecule has 3 saturated heterocycles. The predicted molar refractivity (Wildman–Crippen MR) is 354 cm³/mol. The topological polar surface area (TPSA) is 163 Å². The summed E-state index contributed by atoms with van der Waals surface area (Å²) in [6.45, 7) is 42.3. The molecule has 3 aliphatic carbocycles. The summed E-state index contributed by atoms with van der Waals surface area (Å²) in [5.74, 6) is 0.322. The molecule has 0 saturated carbocycles. The van der Waals surface area contributed by atoms with E-state index in [2.05, 4.69) is 162 Å². The average Bonchev–Trinajstić information content (AvgIpc) is 1.58. The molecule has 4 aromatic rings. The molecule has 10 rings (SSSR count). The Kier molecular flexibility index (Phi) is 24.9. The van der Waals surface area contributed by atoms with E-state index in [9.17, 15) is 48.0 Å². The lowest BCUT2D eigenvalue weighted by Gasteiger charge is -2.32. The molecule has 508 valence electrons. The minimum absolute atomic E-state index is 0.131. The maximum Gasteiger partial charge on any atom is 0.524 e. The highest BCUT2D eigenvalue weighted by atomic mass is 32.3. The van der Waals surface area contributed by atoms with Crippen molar-refractivity contribution in [3.63, 3.8) is 0 Å². The number of allylic oxidation sites excluding steroid dienone is 3. The van der Waals surface area contributed by atoms with Crippen molar-refractivity contribution < 1.29 is 79.5 Å². The second-order valence-corrected chi connectivity index (χ2v) is 32.3. The first-order chi connectivity index (χ1) is 41.9. The number of carbonyl (C=O) groups excluding carboxylic acids is 1. The molecule has 0 atom stereocenters. The quantitative estimate of drug-likeness (QED) is 0.0822. The van der Waals surface area contributed by atoms with Crippen LogP contribution in [0.5, 0.6) is 0 Å². The van der Waals surface area contributed by atoms with E-state index in [0.29, 0.717) is 5.78 Å². The minimum atomic E-state index is -6.85. The van der Waals surface area contributed by atoms with Crippen LogP contribution in [0.25, 0.3) is 11.0 Å². The van der Waals surface area contributed by atoms with Crippen molar-refractivity contribution in [3.05, 3.63) is 147 Å². The number of Topliss-reactive ketones (excluding diaryl/α,β-unsaturated/α-hetero) is 1. The van der Waals surface area contributed by atoms with Crippen LogP contribution in [-0.4, -0.2) is 93.4 Å². The number of benzene rings is 3. The zero-order valence-corrected chi connectivity index (χ0v) is 59.1. The van der Waals surface area contributed by atoms with Gasteiger partial charge in [0.15, 0.2) is 5.78 Å². The maximum absolute atomic E-state index is 11.5. The van der Waals surface area contributed by atoms with E-state index in [1.807, 2.05) is 77.2 Å². The first kappa shape index (κ1) is 78.1. The second kappa shape index (κ2) is 29.4. The smallest absolute Gasteiger partial charge is 0.405 e. The van der Waals surface area contributed by atoms with Crippen LogP contribution in [0.3, 0.4) is 0 Å². The van der Waals surface area contributed by atoms with E-state index in [1.165, 1.54) is 81.5 Å². The van der Waals surface area contributed by atoms with Crippen LogP contribution in [0.2, 0.25) is 0 Å². The third-order valence-corrected chi connectivity index (χ3v) is 20.4. The second-order valence-electron chi connectivity index (χ2n) is 29.1. The standard InChI is InChI=1S/C17H23BO2.C14H23N.C12H24B2O4.C12H14.C11H12O.C2F6O5S2/c1-16(2)17(3,4)20-18(19-16)15-12-8-6-10-13-9-5-7-11-14(13)15;1-10-8-11(13(2,3)4)15-12(9-10)14(5,6)7;1-9(2)10(3,4)16-13(15-9)14-17-11(5,6)12(7,8)18-14;1-10-6-2-3-7-11-8-4-5-9-12(10)11;12-11-8-4-2-6-9-5-1-3-7-10(9)11;3-1(4,5)14(9,10)13-15(11,12)2(6,7)8/h5,7,9,11-12H,6,8,10H2,1-4H3;8-9H,1-7H3;1-8H3;4-6,8-9H,2-3,7H2,1H3;1,3,5,7H,2,4,6,8H2;. The highest BCUT2D eigenvalue weighted by Crippen LogP contribution is 2.45. The van der Waals surface area contributed by atoms with E-state index in [0.717, 1.165) is 44.1 Å². The molecule has 0 N–H and O–H groups in total. The summed E-state index contributed by atoms with van der Waals surface area (Å²) in [5.41, 5.74) is -0.0538.